The molecule has 2 rings (SSSR count). The number of hydrogen-bond acceptors (Lipinski definition) is 4. The molecule has 1 heterocycles. The van der Waals surface area contributed by atoms with Crippen LogP contribution in [0, 0.1) is 3.57 Å². The lowest BCUT2D eigenvalue weighted by molar-refractivity contribution is 0.0193. The number of anilines is 1. The van der Waals surface area contributed by atoms with Gasteiger partial charge in [0.05, 0.1) is 30.3 Å². The van der Waals surface area contributed by atoms with Crippen molar-refractivity contribution in [1.29, 1.82) is 0 Å². The molecular formula is C12H16IN3O2. The first-order chi connectivity index (χ1) is 8.65. The van der Waals surface area contributed by atoms with Gasteiger partial charge in [-0.25, -0.2) is 4.98 Å². The van der Waals surface area contributed by atoms with E-state index in [4.69, 9.17) is 15.2 Å². The number of nitrogens with two attached hydrogens (primary N) is 1. The van der Waals surface area contributed by atoms with E-state index in [2.05, 4.69) is 27.6 Å². The number of nitrogens with zero attached hydrogens (tertiary/aromatic N) is 2. The van der Waals surface area contributed by atoms with E-state index in [9.17, 15) is 0 Å². The van der Waals surface area contributed by atoms with Gasteiger partial charge in [-0.2, -0.15) is 0 Å². The fourth-order valence-electron chi connectivity index (χ4n) is 1.90. The number of nitrogen functional groups attached to an aromatic ring is 1. The number of rotatable bonds is 5. The quantitative estimate of drug-likeness (QED) is 0.827. The number of imidazole rings is 1. The molecule has 0 aliphatic heterocycles. The van der Waals surface area contributed by atoms with Gasteiger partial charge >= 0.3 is 0 Å². The third kappa shape index (κ3) is 2.76. The van der Waals surface area contributed by atoms with Crippen LogP contribution in [0.5, 0.6) is 0 Å². The first-order valence-electron chi connectivity index (χ1n) is 5.58. The van der Waals surface area contributed by atoms with Crippen LogP contribution < -0.4 is 5.73 Å². The molecule has 0 saturated heterocycles. The van der Waals surface area contributed by atoms with Crippen molar-refractivity contribution in [2.24, 2.45) is 0 Å². The SMILES string of the molecule is COCC(Cn1c(N)nc2cc(I)ccc21)OC. The monoisotopic (exact) mass is 361 g/mol. The topological polar surface area (TPSA) is 62.3 Å². The second kappa shape index (κ2) is 5.85. The number of aromatic nitrogens is 2. The summed E-state index contributed by atoms with van der Waals surface area (Å²) in [4.78, 5) is 4.36. The van der Waals surface area contributed by atoms with Crippen LogP contribution in [-0.4, -0.2) is 36.5 Å². The fraction of sp³-hybridized carbons (Fsp3) is 0.417. The van der Waals surface area contributed by atoms with E-state index in [1.54, 1.807) is 14.2 Å². The van der Waals surface area contributed by atoms with Gasteiger partial charge in [0.25, 0.3) is 0 Å². The maximum absolute atomic E-state index is 5.96. The fourth-order valence-corrected chi connectivity index (χ4v) is 2.37. The van der Waals surface area contributed by atoms with E-state index in [-0.39, 0.29) is 6.10 Å². The van der Waals surface area contributed by atoms with Crippen LogP contribution in [0.3, 0.4) is 0 Å². The van der Waals surface area contributed by atoms with E-state index < -0.39 is 0 Å². The molecule has 2 N–H and O–H groups in total. The van der Waals surface area contributed by atoms with Crippen molar-refractivity contribution in [3.63, 3.8) is 0 Å². The van der Waals surface area contributed by atoms with Gasteiger partial charge in [-0.1, -0.05) is 0 Å². The molecule has 0 amide bonds. The predicted octanol–water partition coefficient (Wildman–Crippen LogP) is 1.88. The zero-order valence-corrected chi connectivity index (χ0v) is 12.5. The molecule has 0 aliphatic carbocycles. The van der Waals surface area contributed by atoms with Crippen molar-refractivity contribution >= 4 is 39.6 Å². The van der Waals surface area contributed by atoms with Gasteiger partial charge in [-0.15, -0.1) is 0 Å². The van der Waals surface area contributed by atoms with Crippen LogP contribution in [0.2, 0.25) is 0 Å². The molecule has 0 bridgehead atoms. The molecule has 18 heavy (non-hydrogen) atoms. The van der Waals surface area contributed by atoms with Crippen molar-refractivity contribution in [1.82, 2.24) is 9.55 Å². The molecule has 1 aromatic heterocycles. The van der Waals surface area contributed by atoms with Crippen molar-refractivity contribution in [3.05, 3.63) is 21.8 Å². The van der Waals surface area contributed by atoms with E-state index in [0.29, 0.717) is 19.1 Å². The third-order valence-electron chi connectivity index (χ3n) is 2.81. The Kier molecular flexibility index (Phi) is 4.41. The Hall–Kier alpha value is -0.860. The summed E-state index contributed by atoms with van der Waals surface area (Å²) in [6.07, 6.45) is -0.0334. The van der Waals surface area contributed by atoms with Crippen LogP contribution >= 0.6 is 22.6 Å². The molecule has 0 fully saturated rings. The molecule has 1 unspecified atom stereocenters. The smallest absolute Gasteiger partial charge is 0.201 e. The second-order valence-corrected chi connectivity index (χ2v) is 5.27. The van der Waals surface area contributed by atoms with Crippen LogP contribution in [0.15, 0.2) is 18.2 Å². The summed E-state index contributed by atoms with van der Waals surface area (Å²) in [5.41, 5.74) is 7.88. The van der Waals surface area contributed by atoms with Crippen molar-refractivity contribution in [2.45, 2.75) is 12.6 Å². The lowest BCUT2D eigenvalue weighted by Gasteiger charge is -2.16. The molecule has 98 valence electrons. The van der Waals surface area contributed by atoms with Gasteiger partial charge in [0, 0.05) is 17.8 Å². The van der Waals surface area contributed by atoms with E-state index >= 15 is 0 Å². The Morgan fingerprint density at radius 1 is 1.44 bits per heavy atom. The molecule has 0 spiro atoms. The minimum atomic E-state index is -0.0334. The first kappa shape index (κ1) is 13.6. The lowest BCUT2D eigenvalue weighted by Crippen LogP contribution is -2.24. The summed E-state index contributed by atoms with van der Waals surface area (Å²) in [6, 6.07) is 6.08. The first-order valence-corrected chi connectivity index (χ1v) is 6.66. The van der Waals surface area contributed by atoms with E-state index in [1.807, 2.05) is 22.8 Å². The number of methoxy groups -OCH3 is 2. The maximum atomic E-state index is 5.96. The van der Waals surface area contributed by atoms with Crippen LogP contribution in [0.1, 0.15) is 0 Å². The van der Waals surface area contributed by atoms with Gasteiger partial charge < -0.3 is 19.8 Å². The Balaban J connectivity index is 2.34. The highest BCUT2D eigenvalue weighted by molar-refractivity contribution is 14.1. The van der Waals surface area contributed by atoms with Crippen LogP contribution in [0.25, 0.3) is 11.0 Å². The highest BCUT2D eigenvalue weighted by atomic mass is 127. The van der Waals surface area contributed by atoms with Gasteiger partial charge in [0.1, 0.15) is 0 Å². The highest BCUT2D eigenvalue weighted by Gasteiger charge is 2.14. The molecule has 2 aromatic rings. The van der Waals surface area contributed by atoms with E-state index in [1.165, 1.54) is 0 Å². The number of fused-ring (bicyclic) bond motifs is 1. The molecular weight excluding hydrogens is 345 g/mol. The molecule has 0 aliphatic rings. The van der Waals surface area contributed by atoms with Gasteiger partial charge in [-0.3, -0.25) is 0 Å². The zero-order valence-electron chi connectivity index (χ0n) is 10.4. The highest BCUT2D eigenvalue weighted by Crippen LogP contribution is 2.21. The standard InChI is InChI=1S/C12H16IN3O2/c1-17-7-9(18-2)6-16-11-4-3-8(13)5-10(11)15-12(16)14/h3-5,9H,6-7H2,1-2H3,(H2,14,15). The number of halogens is 1. The zero-order chi connectivity index (χ0) is 13.1. The summed E-state index contributed by atoms with van der Waals surface area (Å²) >= 11 is 2.26. The summed E-state index contributed by atoms with van der Waals surface area (Å²) in [5.74, 6) is 0.505. The lowest BCUT2D eigenvalue weighted by atomic mass is 10.3. The molecule has 0 saturated carbocycles. The molecule has 5 nitrogen and oxygen atoms in total. The summed E-state index contributed by atoms with van der Waals surface area (Å²) < 4.78 is 13.6. The summed E-state index contributed by atoms with van der Waals surface area (Å²) in [5, 5.41) is 0. The van der Waals surface area contributed by atoms with Crippen LogP contribution in [-0.2, 0) is 16.0 Å². The molecule has 1 aromatic carbocycles. The Morgan fingerprint density at radius 3 is 2.89 bits per heavy atom. The number of ether oxygens (including phenoxy) is 2. The molecule has 0 radical (unpaired) electrons. The number of hydrogen-bond donors (Lipinski definition) is 1. The average molecular weight is 361 g/mol. The van der Waals surface area contributed by atoms with Crippen molar-refractivity contribution in [3.8, 4) is 0 Å². The third-order valence-corrected chi connectivity index (χ3v) is 3.48. The second-order valence-electron chi connectivity index (χ2n) is 4.03. The molecule has 6 heteroatoms. The number of benzene rings is 1. The van der Waals surface area contributed by atoms with Crippen LogP contribution in [0.4, 0.5) is 5.95 Å². The van der Waals surface area contributed by atoms with Gasteiger partial charge in [0.15, 0.2) is 0 Å². The Labute approximate surface area is 119 Å². The van der Waals surface area contributed by atoms with E-state index in [0.717, 1.165) is 14.6 Å². The van der Waals surface area contributed by atoms with Gasteiger partial charge in [-0.05, 0) is 40.8 Å². The largest absolute Gasteiger partial charge is 0.382 e. The molecule has 1 atom stereocenters. The van der Waals surface area contributed by atoms with Crippen molar-refractivity contribution < 1.29 is 9.47 Å². The Bertz CT molecular complexity index is 541. The summed E-state index contributed by atoms with van der Waals surface area (Å²) in [6.45, 7) is 1.16. The normalized spacial score (nSPS) is 13.1. The maximum Gasteiger partial charge on any atom is 0.201 e. The minimum Gasteiger partial charge on any atom is -0.382 e. The average Bonchev–Trinajstić information content (AvgIpc) is 2.64. The van der Waals surface area contributed by atoms with Crippen molar-refractivity contribution in [2.75, 3.05) is 26.6 Å². The Morgan fingerprint density at radius 2 is 2.22 bits per heavy atom. The van der Waals surface area contributed by atoms with Gasteiger partial charge in [0.2, 0.25) is 5.95 Å². The minimum absolute atomic E-state index is 0.0334. The predicted molar refractivity (Wildman–Crippen MR) is 79.5 cm³/mol. The summed E-state index contributed by atoms with van der Waals surface area (Å²) in [7, 11) is 3.33.